The number of anilines is 4. The molecule has 0 unspecified atom stereocenters. The highest BCUT2D eigenvalue weighted by molar-refractivity contribution is 5.94. The van der Waals surface area contributed by atoms with Crippen molar-refractivity contribution >= 4 is 29.2 Å². The number of carbonyl (C=O) groups excluding carboxylic acids is 1. The molecule has 0 aliphatic heterocycles. The summed E-state index contributed by atoms with van der Waals surface area (Å²) in [6, 6.07) is 6.26. The molecule has 46 heavy (non-hydrogen) atoms. The second-order valence-corrected chi connectivity index (χ2v) is 12.1. The molecule has 4 rings (SSSR count). The van der Waals surface area contributed by atoms with Crippen molar-refractivity contribution in [2.75, 3.05) is 42.3 Å². The zero-order valence-electron chi connectivity index (χ0n) is 26.6. The summed E-state index contributed by atoms with van der Waals surface area (Å²) in [4.78, 5) is 49.2. The van der Waals surface area contributed by atoms with E-state index in [-0.39, 0.29) is 53.9 Å². The van der Waals surface area contributed by atoms with Crippen molar-refractivity contribution < 1.29 is 23.0 Å². The Balaban J connectivity index is 1.39. The molecule has 1 aliphatic rings. The zero-order valence-corrected chi connectivity index (χ0v) is 26.6. The lowest BCUT2D eigenvalue weighted by atomic mass is 9.93. The molecule has 14 heteroatoms. The number of alkyl halides is 2. The molecule has 0 radical (unpaired) electrons. The summed E-state index contributed by atoms with van der Waals surface area (Å²) in [5.74, 6) is -3.14. The van der Waals surface area contributed by atoms with Crippen LogP contribution in [0.15, 0.2) is 58.2 Å². The first-order valence-corrected chi connectivity index (χ1v) is 14.9. The largest absolute Gasteiger partial charge is 0.488 e. The normalized spacial score (nSPS) is 14.4. The van der Waals surface area contributed by atoms with Crippen LogP contribution in [-0.2, 0) is 0 Å². The van der Waals surface area contributed by atoms with Gasteiger partial charge in [-0.1, -0.05) is 32.6 Å². The van der Waals surface area contributed by atoms with E-state index in [2.05, 4.69) is 42.8 Å². The molecule has 4 N–H and O–H groups in total. The molecular weight excluding hydrogens is 600 g/mol. The number of nitrogens with one attached hydrogen (secondary N) is 4. The Morgan fingerprint density at radius 3 is 2.30 bits per heavy atom. The average molecular weight is 640 g/mol. The van der Waals surface area contributed by atoms with Crippen LogP contribution in [-0.4, -0.2) is 58.6 Å². The third-order valence-electron chi connectivity index (χ3n) is 7.32. The third kappa shape index (κ3) is 8.64. The first-order valence-electron chi connectivity index (χ1n) is 14.9. The number of aromatic nitrogens is 3. The van der Waals surface area contributed by atoms with Crippen molar-refractivity contribution in [3.63, 3.8) is 0 Å². The summed E-state index contributed by atoms with van der Waals surface area (Å²) in [5, 5.41) is 12.1. The fourth-order valence-electron chi connectivity index (χ4n) is 4.48. The maximum atomic E-state index is 13.5. The van der Waals surface area contributed by atoms with E-state index in [1.165, 1.54) is 0 Å². The minimum absolute atomic E-state index is 0.0412. The van der Waals surface area contributed by atoms with Crippen LogP contribution in [0.4, 0.5) is 32.1 Å². The third-order valence-corrected chi connectivity index (χ3v) is 7.32. The van der Waals surface area contributed by atoms with Crippen molar-refractivity contribution in [3.8, 4) is 11.8 Å². The molecule has 3 aromatic rings. The van der Waals surface area contributed by atoms with Gasteiger partial charge in [-0.15, -0.1) is 0 Å². The van der Waals surface area contributed by atoms with Gasteiger partial charge in [-0.25, -0.2) is 8.78 Å². The molecule has 12 nitrogen and oxygen atoms in total. The Labute approximate surface area is 265 Å². The number of hydrogen-bond donors (Lipinski definition) is 4. The fraction of sp³-hybridized carbons (Fsp3) is 0.438. The molecule has 2 aromatic carbocycles. The number of hydrogen-bond acceptors (Lipinski definition) is 11. The monoisotopic (exact) mass is 639 g/mol. The Kier molecular flexibility index (Phi) is 10.1. The number of amides is 1. The molecule has 1 saturated carbocycles. The maximum absolute atomic E-state index is 13.5. The lowest BCUT2D eigenvalue weighted by Crippen LogP contribution is -2.41. The number of nitrogens with zero attached hydrogens (tertiary/aromatic N) is 3. The van der Waals surface area contributed by atoms with Crippen LogP contribution in [0.5, 0.6) is 11.8 Å². The predicted molar refractivity (Wildman–Crippen MR) is 172 cm³/mol. The van der Waals surface area contributed by atoms with Gasteiger partial charge in [-0.2, -0.15) is 15.0 Å². The molecule has 1 aromatic heterocycles. The number of halogens is 2. The topological polar surface area (TPSA) is 156 Å². The van der Waals surface area contributed by atoms with Gasteiger partial charge in [0.05, 0.1) is 12.1 Å². The van der Waals surface area contributed by atoms with Crippen molar-refractivity contribution in [1.29, 1.82) is 0 Å². The van der Waals surface area contributed by atoms with Crippen LogP contribution >= 0.6 is 0 Å². The maximum Gasteiger partial charge on any atom is 0.323 e. The SMILES string of the molecule is C=CC=C(C)C1(Nc2nc(Nc3ccc(C(=O)NCC(C)(C)CNc4c(OCC)c(=O)c4=O)cc3)nc(OCC(C)(F)F)n2)CC1. The summed E-state index contributed by atoms with van der Waals surface area (Å²) in [5.41, 5.74) is 0.0245. The molecular formula is C32H39F2N7O5. The van der Waals surface area contributed by atoms with Crippen molar-refractivity contribution in [2.45, 2.75) is 58.9 Å². The van der Waals surface area contributed by atoms with Crippen LogP contribution < -0.4 is 41.6 Å². The highest BCUT2D eigenvalue weighted by Crippen LogP contribution is 2.44. The second kappa shape index (κ2) is 13.6. The van der Waals surface area contributed by atoms with Crippen molar-refractivity contribution in [1.82, 2.24) is 20.3 Å². The highest BCUT2D eigenvalue weighted by atomic mass is 19.3. The van der Waals surface area contributed by atoms with Gasteiger partial charge in [0, 0.05) is 31.3 Å². The Morgan fingerprint density at radius 1 is 1.02 bits per heavy atom. The van der Waals surface area contributed by atoms with Gasteiger partial charge in [0.25, 0.3) is 22.7 Å². The van der Waals surface area contributed by atoms with E-state index in [0.717, 1.165) is 25.3 Å². The van der Waals surface area contributed by atoms with Crippen molar-refractivity contribution in [2.24, 2.45) is 5.41 Å². The van der Waals surface area contributed by atoms with Gasteiger partial charge in [0.15, 0.2) is 12.4 Å². The van der Waals surface area contributed by atoms with Gasteiger partial charge < -0.3 is 30.7 Å². The molecule has 1 fully saturated rings. The summed E-state index contributed by atoms with van der Waals surface area (Å²) in [6.07, 6.45) is 5.26. The summed E-state index contributed by atoms with van der Waals surface area (Å²) in [7, 11) is 0. The van der Waals surface area contributed by atoms with Gasteiger partial charge in [-0.05, 0) is 61.9 Å². The summed E-state index contributed by atoms with van der Waals surface area (Å²) in [6.45, 7) is 11.9. The van der Waals surface area contributed by atoms with Gasteiger partial charge >= 0.3 is 6.01 Å². The molecule has 1 aliphatic carbocycles. The number of benzene rings is 1. The highest BCUT2D eigenvalue weighted by Gasteiger charge is 2.45. The minimum atomic E-state index is -3.09. The lowest BCUT2D eigenvalue weighted by molar-refractivity contribution is -0.0256. The molecule has 0 bridgehead atoms. The van der Waals surface area contributed by atoms with Gasteiger partial charge in [0.1, 0.15) is 5.69 Å². The zero-order chi connectivity index (χ0) is 33.7. The van der Waals surface area contributed by atoms with E-state index in [1.54, 1.807) is 37.3 Å². The average Bonchev–Trinajstić information content (AvgIpc) is 3.79. The second-order valence-electron chi connectivity index (χ2n) is 12.1. The van der Waals surface area contributed by atoms with Gasteiger partial charge in [-0.3, -0.25) is 14.4 Å². The van der Waals surface area contributed by atoms with E-state index in [9.17, 15) is 23.2 Å². The van der Waals surface area contributed by atoms with E-state index < -0.39 is 28.8 Å². The molecule has 0 atom stereocenters. The van der Waals surface area contributed by atoms with Gasteiger partial charge in [0.2, 0.25) is 11.9 Å². The number of ether oxygens (including phenoxy) is 2. The van der Waals surface area contributed by atoms with E-state index in [4.69, 9.17) is 9.47 Å². The van der Waals surface area contributed by atoms with E-state index in [0.29, 0.717) is 17.8 Å². The standard InChI is InChI=1S/C32H39F2N7O5/c1-7-9-19(3)32(14-15-32)41-28-38-27(39-29(40-28)46-18-31(6,33)34)37-21-12-10-20(11-13-21)26(44)36-17-30(4,5)16-35-22-23(42)24(43)25(22)45-8-2/h7,9-13,35H,1,8,14-18H2,2-6H3,(H,36,44)(H2,37,38,39,40,41). The van der Waals surface area contributed by atoms with Crippen LogP contribution in [0, 0.1) is 5.41 Å². The van der Waals surface area contributed by atoms with Crippen LogP contribution in [0.3, 0.4) is 0 Å². The smallest absolute Gasteiger partial charge is 0.323 e. The van der Waals surface area contributed by atoms with E-state index in [1.807, 2.05) is 26.8 Å². The predicted octanol–water partition coefficient (Wildman–Crippen LogP) is 4.59. The molecule has 246 valence electrons. The molecule has 0 spiro atoms. The number of carbonyl (C=O) groups is 1. The quantitative estimate of drug-likeness (QED) is 0.121. The van der Waals surface area contributed by atoms with Crippen molar-refractivity contribution in [3.05, 3.63) is 74.6 Å². The molecule has 1 amide bonds. The Morgan fingerprint density at radius 2 is 1.70 bits per heavy atom. The minimum Gasteiger partial charge on any atom is -0.488 e. The van der Waals surface area contributed by atoms with Crippen LogP contribution in [0.2, 0.25) is 0 Å². The number of rotatable bonds is 17. The summed E-state index contributed by atoms with van der Waals surface area (Å²) >= 11 is 0. The molecule has 1 heterocycles. The Hall–Kier alpha value is -4.88. The number of allylic oxidation sites excluding steroid dienone is 2. The lowest BCUT2D eigenvalue weighted by Gasteiger charge is -2.26. The molecule has 0 saturated heterocycles. The fourth-order valence-corrected chi connectivity index (χ4v) is 4.48. The van der Waals surface area contributed by atoms with Crippen LogP contribution in [0.1, 0.15) is 57.8 Å². The first-order chi connectivity index (χ1) is 21.6. The summed E-state index contributed by atoms with van der Waals surface area (Å²) < 4.78 is 37.4. The van der Waals surface area contributed by atoms with Crippen LogP contribution in [0.25, 0.3) is 0 Å². The van der Waals surface area contributed by atoms with E-state index >= 15 is 0 Å². The Bertz CT molecular complexity index is 1670. The first kappa shape index (κ1) is 34.0.